The largest absolute Gasteiger partial charge is 0.355 e. The van der Waals surface area contributed by atoms with Crippen LogP contribution in [0.5, 0.6) is 0 Å². The van der Waals surface area contributed by atoms with Gasteiger partial charge in [0.05, 0.1) is 5.41 Å². The molecule has 1 heterocycles. The molecule has 0 aromatic carbocycles. The Kier molecular flexibility index (Phi) is 4.85. The van der Waals surface area contributed by atoms with Crippen LogP contribution in [0.4, 0.5) is 0 Å². The number of likely N-dealkylation sites (tertiary alicyclic amines) is 1. The Balaban J connectivity index is 1.48. The van der Waals surface area contributed by atoms with Crippen molar-refractivity contribution in [3.05, 3.63) is 0 Å². The number of nitrogens with two attached hydrogens (primary N) is 1. The van der Waals surface area contributed by atoms with Crippen molar-refractivity contribution in [1.29, 1.82) is 0 Å². The summed E-state index contributed by atoms with van der Waals surface area (Å²) in [5, 5.41) is 3.25. The number of hydrogen-bond donors (Lipinski definition) is 2. The van der Waals surface area contributed by atoms with Crippen LogP contribution in [0.25, 0.3) is 0 Å². The fourth-order valence-electron chi connectivity index (χ4n) is 4.15. The van der Waals surface area contributed by atoms with Gasteiger partial charge in [-0.05, 0) is 44.6 Å². The lowest BCUT2D eigenvalue weighted by Gasteiger charge is -2.30. The van der Waals surface area contributed by atoms with Crippen molar-refractivity contribution in [3.8, 4) is 0 Å². The van der Waals surface area contributed by atoms with E-state index in [4.69, 9.17) is 5.73 Å². The third-order valence-electron chi connectivity index (χ3n) is 5.86. The highest BCUT2D eigenvalue weighted by Crippen LogP contribution is 2.35. The average Bonchev–Trinajstić information content (AvgIpc) is 3.29. The molecule has 0 aromatic heterocycles. The van der Waals surface area contributed by atoms with E-state index < -0.39 is 0 Å². The van der Waals surface area contributed by atoms with Crippen LogP contribution in [-0.4, -0.2) is 43.0 Å². The zero-order valence-electron chi connectivity index (χ0n) is 13.3. The molecule has 21 heavy (non-hydrogen) atoms. The molecule has 1 saturated heterocycles. The minimum Gasteiger partial charge on any atom is -0.355 e. The third kappa shape index (κ3) is 3.59. The van der Waals surface area contributed by atoms with E-state index >= 15 is 0 Å². The van der Waals surface area contributed by atoms with Crippen LogP contribution in [0.2, 0.25) is 0 Å². The smallest absolute Gasteiger partial charge is 0.227 e. The van der Waals surface area contributed by atoms with E-state index in [-0.39, 0.29) is 11.3 Å². The molecule has 0 aromatic rings. The number of rotatable bonds is 5. The molecule has 2 saturated carbocycles. The number of hydrogen-bond acceptors (Lipinski definition) is 3. The molecule has 0 spiro atoms. The van der Waals surface area contributed by atoms with Gasteiger partial charge in [0, 0.05) is 25.7 Å². The van der Waals surface area contributed by atoms with Gasteiger partial charge in [0.25, 0.3) is 0 Å². The quantitative estimate of drug-likeness (QED) is 0.761. The topological polar surface area (TPSA) is 58.4 Å². The number of carbonyl (C=O) groups excluding carboxylic acids is 1. The van der Waals surface area contributed by atoms with Gasteiger partial charge in [-0.1, -0.05) is 25.7 Å². The van der Waals surface area contributed by atoms with Gasteiger partial charge in [-0.15, -0.1) is 0 Å². The Morgan fingerprint density at radius 1 is 1.14 bits per heavy atom. The van der Waals surface area contributed by atoms with Gasteiger partial charge in [0.1, 0.15) is 0 Å². The molecule has 0 bridgehead atoms. The summed E-state index contributed by atoms with van der Waals surface area (Å²) >= 11 is 0. The maximum atomic E-state index is 12.7. The maximum absolute atomic E-state index is 12.7. The number of amides is 1. The molecule has 0 radical (unpaired) electrons. The normalized spacial score (nSPS) is 30.0. The molecule has 1 atom stereocenters. The van der Waals surface area contributed by atoms with Crippen molar-refractivity contribution >= 4 is 5.91 Å². The van der Waals surface area contributed by atoms with Crippen LogP contribution in [0, 0.1) is 11.3 Å². The van der Waals surface area contributed by atoms with Gasteiger partial charge in [-0.25, -0.2) is 0 Å². The van der Waals surface area contributed by atoms with Crippen molar-refractivity contribution in [2.45, 2.75) is 63.8 Å². The summed E-state index contributed by atoms with van der Waals surface area (Å²) in [4.78, 5) is 15.3. The highest BCUT2D eigenvalue weighted by molar-refractivity contribution is 5.82. The Morgan fingerprint density at radius 2 is 1.86 bits per heavy atom. The monoisotopic (exact) mass is 293 g/mol. The maximum Gasteiger partial charge on any atom is 0.227 e. The third-order valence-corrected chi connectivity index (χ3v) is 5.86. The first-order valence-corrected chi connectivity index (χ1v) is 8.96. The van der Waals surface area contributed by atoms with Crippen molar-refractivity contribution < 1.29 is 4.79 Å². The SMILES string of the molecule is NCC1(C(=O)NCC2CCN(C3CC3)C2)CCCCCC1. The van der Waals surface area contributed by atoms with E-state index in [1.54, 1.807) is 0 Å². The first-order valence-electron chi connectivity index (χ1n) is 8.96. The summed E-state index contributed by atoms with van der Waals surface area (Å²) in [5.41, 5.74) is 5.72. The van der Waals surface area contributed by atoms with E-state index in [9.17, 15) is 4.79 Å². The molecule has 4 heteroatoms. The fraction of sp³-hybridized carbons (Fsp3) is 0.941. The molecule has 1 aliphatic heterocycles. The van der Waals surface area contributed by atoms with E-state index in [2.05, 4.69) is 10.2 Å². The molecule has 3 fully saturated rings. The first kappa shape index (κ1) is 15.3. The van der Waals surface area contributed by atoms with Crippen LogP contribution >= 0.6 is 0 Å². The Labute approximate surface area is 128 Å². The zero-order valence-corrected chi connectivity index (χ0v) is 13.3. The molecule has 1 amide bonds. The van der Waals surface area contributed by atoms with Crippen LogP contribution < -0.4 is 11.1 Å². The number of nitrogens with one attached hydrogen (secondary N) is 1. The van der Waals surface area contributed by atoms with Crippen LogP contribution in [-0.2, 0) is 4.79 Å². The van der Waals surface area contributed by atoms with Crippen molar-refractivity contribution in [2.75, 3.05) is 26.2 Å². The van der Waals surface area contributed by atoms with Crippen LogP contribution in [0.1, 0.15) is 57.8 Å². The molecule has 3 N–H and O–H groups in total. The van der Waals surface area contributed by atoms with Crippen LogP contribution in [0.3, 0.4) is 0 Å². The molecule has 3 aliphatic rings. The van der Waals surface area contributed by atoms with Gasteiger partial charge in [0.2, 0.25) is 5.91 Å². The number of nitrogens with zero attached hydrogens (tertiary/aromatic N) is 1. The van der Waals surface area contributed by atoms with Gasteiger partial charge >= 0.3 is 0 Å². The summed E-state index contributed by atoms with van der Waals surface area (Å²) < 4.78 is 0. The fourth-order valence-corrected chi connectivity index (χ4v) is 4.15. The highest BCUT2D eigenvalue weighted by Gasteiger charge is 2.38. The molecule has 120 valence electrons. The molecule has 4 nitrogen and oxygen atoms in total. The molecule has 1 unspecified atom stereocenters. The van der Waals surface area contributed by atoms with Crippen LogP contribution in [0.15, 0.2) is 0 Å². The predicted octanol–water partition coefficient (Wildman–Crippen LogP) is 1.89. The lowest BCUT2D eigenvalue weighted by atomic mass is 9.79. The molecular weight excluding hydrogens is 262 g/mol. The van der Waals surface area contributed by atoms with Gasteiger partial charge in [-0.3, -0.25) is 4.79 Å². The summed E-state index contributed by atoms with van der Waals surface area (Å²) in [7, 11) is 0. The predicted molar refractivity (Wildman–Crippen MR) is 84.9 cm³/mol. The average molecular weight is 293 g/mol. The second kappa shape index (κ2) is 6.66. The molecule has 2 aliphatic carbocycles. The highest BCUT2D eigenvalue weighted by atomic mass is 16.2. The van der Waals surface area contributed by atoms with E-state index in [0.717, 1.165) is 38.3 Å². The lowest BCUT2D eigenvalue weighted by molar-refractivity contribution is -0.131. The molecule has 3 rings (SSSR count). The van der Waals surface area contributed by atoms with Crippen molar-refractivity contribution in [3.63, 3.8) is 0 Å². The van der Waals surface area contributed by atoms with Crippen molar-refractivity contribution in [1.82, 2.24) is 10.2 Å². The van der Waals surface area contributed by atoms with E-state index in [0.29, 0.717) is 12.5 Å². The second-order valence-electron chi connectivity index (χ2n) is 7.49. The molecular formula is C17H31N3O. The Hall–Kier alpha value is -0.610. The Morgan fingerprint density at radius 3 is 2.48 bits per heavy atom. The number of carbonyl (C=O) groups is 1. The Bertz CT molecular complexity index is 359. The second-order valence-corrected chi connectivity index (χ2v) is 7.49. The zero-order chi connectivity index (χ0) is 14.7. The van der Waals surface area contributed by atoms with Gasteiger partial charge in [-0.2, -0.15) is 0 Å². The lowest BCUT2D eigenvalue weighted by Crippen LogP contribution is -2.47. The van der Waals surface area contributed by atoms with Gasteiger partial charge in [0.15, 0.2) is 0 Å². The standard InChI is InChI=1S/C17H31N3O/c18-13-17(8-3-1-2-4-9-17)16(21)19-11-14-7-10-20(12-14)15-5-6-15/h14-15H,1-13,18H2,(H,19,21). The first-order chi connectivity index (χ1) is 10.2. The summed E-state index contributed by atoms with van der Waals surface area (Å²) in [6, 6.07) is 0.864. The summed E-state index contributed by atoms with van der Waals surface area (Å²) in [5.74, 6) is 0.881. The summed E-state index contributed by atoms with van der Waals surface area (Å²) in [6.45, 7) is 3.77. The summed E-state index contributed by atoms with van der Waals surface area (Å²) in [6.07, 6.45) is 10.8. The minimum atomic E-state index is -0.273. The van der Waals surface area contributed by atoms with E-state index in [1.165, 1.54) is 45.2 Å². The van der Waals surface area contributed by atoms with E-state index in [1.807, 2.05) is 0 Å². The minimum absolute atomic E-state index is 0.233. The van der Waals surface area contributed by atoms with Gasteiger partial charge < -0.3 is 16.0 Å². The van der Waals surface area contributed by atoms with Crippen molar-refractivity contribution in [2.24, 2.45) is 17.1 Å².